The number of hydrogen-bond acceptors (Lipinski definition) is 7. The van der Waals surface area contributed by atoms with Gasteiger partial charge >= 0.3 is 5.69 Å². The molecule has 1 saturated heterocycles. The van der Waals surface area contributed by atoms with E-state index in [2.05, 4.69) is 25.1 Å². The van der Waals surface area contributed by atoms with Gasteiger partial charge in [-0.2, -0.15) is 5.10 Å². The molecule has 3 aromatic rings. The Morgan fingerprint density at radius 2 is 1.94 bits per heavy atom. The van der Waals surface area contributed by atoms with Gasteiger partial charge in [0.05, 0.1) is 31.1 Å². The van der Waals surface area contributed by atoms with Gasteiger partial charge in [-0.3, -0.25) is 9.47 Å². The largest absolute Gasteiger partial charge is 0.382 e. The highest BCUT2D eigenvalue weighted by atomic mass is 19.2. The van der Waals surface area contributed by atoms with Gasteiger partial charge < -0.3 is 10.5 Å². The van der Waals surface area contributed by atoms with Crippen LogP contribution in [0.15, 0.2) is 59.1 Å². The molecular formula is C23H23F2N7O2. The normalized spacial score (nSPS) is 19.1. The van der Waals surface area contributed by atoms with Crippen LogP contribution in [0.1, 0.15) is 18.0 Å². The summed E-state index contributed by atoms with van der Waals surface area (Å²) in [6.07, 6.45) is 4.10. The van der Waals surface area contributed by atoms with Crippen molar-refractivity contribution in [3.63, 3.8) is 0 Å². The van der Waals surface area contributed by atoms with E-state index in [4.69, 9.17) is 10.5 Å². The number of halogens is 2. The monoisotopic (exact) mass is 467 g/mol. The van der Waals surface area contributed by atoms with Crippen molar-refractivity contribution in [2.75, 3.05) is 32.0 Å². The summed E-state index contributed by atoms with van der Waals surface area (Å²) in [5, 5.41) is 6.27. The number of anilines is 1. The molecule has 1 aromatic carbocycles. The number of morpholine rings is 1. The number of ether oxygens (including phenoxy) is 1. The van der Waals surface area contributed by atoms with E-state index in [9.17, 15) is 13.6 Å². The molecule has 176 valence electrons. The van der Waals surface area contributed by atoms with Crippen LogP contribution in [0.3, 0.4) is 0 Å². The molecule has 5 rings (SSSR count). The third-order valence-electron chi connectivity index (χ3n) is 5.93. The summed E-state index contributed by atoms with van der Waals surface area (Å²) in [5.74, 6) is -2.07. The van der Waals surface area contributed by atoms with E-state index < -0.39 is 23.4 Å². The maximum Gasteiger partial charge on any atom is 0.344 e. The van der Waals surface area contributed by atoms with Crippen LogP contribution in [-0.2, 0) is 11.3 Å². The average molecular weight is 467 g/mol. The minimum absolute atomic E-state index is 0.0102. The zero-order valence-corrected chi connectivity index (χ0v) is 18.2. The Morgan fingerprint density at radius 3 is 2.71 bits per heavy atom. The minimum atomic E-state index is -1.18. The maximum absolute atomic E-state index is 14.5. The quantitative estimate of drug-likeness (QED) is 0.593. The van der Waals surface area contributed by atoms with E-state index in [0.29, 0.717) is 5.69 Å². The van der Waals surface area contributed by atoms with Gasteiger partial charge in [-0.25, -0.2) is 28.6 Å². The molecule has 3 N–H and O–H groups in total. The molecule has 0 bridgehead atoms. The first-order chi connectivity index (χ1) is 16.5. The van der Waals surface area contributed by atoms with Crippen molar-refractivity contribution in [2.45, 2.75) is 19.0 Å². The summed E-state index contributed by atoms with van der Waals surface area (Å²) < 4.78 is 34.8. The number of nitrogens with two attached hydrogens (primary N) is 1. The predicted octanol–water partition coefficient (Wildman–Crippen LogP) is 2.76. The Balaban J connectivity index is 1.46. The number of nitrogens with one attached hydrogen (secondary N) is 1. The van der Waals surface area contributed by atoms with E-state index in [1.165, 1.54) is 12.3 Å². The van der Waals surface area contributed by atoms with Gasteiger partial charge in [0.15, 0.2) is 29.0 Å². The Bertz CT molecular complexity index is 1310. The second kappa shape index (κ2) is 9.27. The third-order valence-corrected chi connectivity index (χ3v) is 5.93. The van der Waals surface area contributed by atoms with Crippen LogP contribution < -0.4 is 11.4 Å². The first kappa shape index (κ1) is 22.1. The molecule has 0 radical (unpaired) electrons. The molecule has 1 atom stereocenters. The number of allylic oxidation sites excluding steroid dienone is 4. The Labute approximate surface area is 193 Å². The Hall–Kier alpha value is -3.70. The van der Waals surface area contributed by atoms with Crippen molar-refractivity contribution in [1.29, 1.82) is 0 Å². The van der Waals surface area contributed by atoms with E-state index in [-0.39, 0.29) is 23.8 Å². The topological polar surface area (TPSA) is 115 Å². The van der Waals surface area contributed by atoms with E-state index in [1.54, 1.807) is 0 Å². The zero-order chi connectivity index (χ0) is 23.7. The summed E-state index contributed by atoms with van der Waals surface area (Å²) in [7, 11) is 0. The molecule has 0 saturated carbocycles. The SMILES string of the molecule is Nc1ncc(-c2ccc(CN3CCOCC3)cc2)nc1-c1n[nH]c(=O)n1C1CC=CC(F)=C1F. The molecule has 2 aliphatic rings. The number of nitrogens with zero attached hydrogens (tertiary/aromatic N) is 5. The van der Waals surface area contributed by atoms with Gasteiger partial charge in [0.2, 0.25) is 0 Å². The first-order valence-corrected chi connectivity index (χ1v) is 10.9. The van der Waals surface area contributed by atoms with Crippen LogP contribution in [0.5, 0.6) is 0 Å². The summed E-state index contributed by atoms with van der Waals surface area (Å²) >= 11 is 0. The fraction of sp³-hybridized carbons (Fsp3) is 0.304. The number of nitrogen functional groups attached to an aromatic ring is 1. The third kappa shape index (κ3) is 4.27. The van der Waals surface area contributed by atoms with Crippen molar-refractivity contribution in [2.24, 2.45) is 0 Å². The summed E-state index contributed by atoms with van der Waals surface area (Å²) in [6.45, 7) is 4.10. The highest BCUT2D eigenvalue weighted by molar-refractivity contribution is 5.69. The Morgan fingerprint density at radius 1 is 1.18 bits per heavy atom. The predicted molar refractivity (Wildman–Crippen MR) is 122 cm³/mol. The van der Waals surface area contributed by atoms with Crippen molar-refractivity contribution >= 4 is 5.82 Å². The van der Waals surface area contributed by atoms with Crippen molar-refractivity contribution in [3.05, 3.63) is 70.3 Å². The summed E-state index contributed by atoms with van der Waals surface area (Å²) in [5.41, 5.74) is 7.92. The van der Waals surface area contributed by atoms with Gasteiger partial charge in [-0.1, -0.05) is 30.3 Å². The molecule has 1 fully saturated rings. The van der Waals surface area contributed by atoms with Gasteiger partial charge in [0.25, 0.3) is 0 Å². The van der Waals surface area contributed by atoms with Crippen LogP contribution in [0, 0.1) is 0 Å². The van der Waals surface area contributed by atoms with Crippen molar-refractivity contribution < 1.29 is 13.5 Å². The lowest BCUT2D eigenvalue weighted by Gasteiger charge is -2.26. The van der Waals surface area contributed by atoms with E-state index >= 15 is 0 Å². The molecule has 34 heavy (non-hydrogen) atoms. The second-order valence-electron chi connectivity index (χ2n) is 8.15. The van der Waals surface area contributed by atoms with E-state index in [1.807, 2.05) is 24.3 Å². The molecule has 1 aliphatic carbocycles. The van der Waals surface area contributed by atoms with E-state index in [0.717, 1.165) is 54.6 Å². The first-order valence-electron chi connectivity index (χ1n) is 10.9. The number of aromatic nitrogens is 5. The van der Waals surface area contributed by atoms with Crippen LogP contribution >= 0.6 is 0 Å². The smallest absolute Gasteiger partial charge is 0.344 e. The number of H-pyrrole nitrogens is 1. The lowest BCUT2D eigenvalue weighted by atomic mass is 10.1. The summed E-state index contributed by atoms with van der Waals surface area (Å²) in [6, 6.07) is 6.71. The standard InChI is InChI=1S/C23H23F2N7O2/c24-16-2-1-3-18(19(16)25)32-22(29-30-23(32)33)20-21(26)27-12-17(28-20)15-6-4-14(5-7-15)13-31-8-10-34-11-9-31/h1-2,4-7,12,18H,3,8-11,13H2,(H2,26,27)(H,30,33). The minimum Gasteiger partial charge on any atom is -0.382 e. The fourth-order valence-corrected chi connectivity index (χ4v) is 4.12. The summed E-state index contributed by atoms with van der Waals surface area (Å²) in [4.78, 5) is 23.5. The zero-order valence-electron chi connectivity index (χ0n) is 18.2. The number of benzene rings is 1. The van der Waals surface area contributed by atoms with Crippen LogP contribution in [0.4, 0.5) is 14.6 Å². The van der Waals surface area contributed by atoms with Crippen LogP contribution in [-0.4, -0.2) is 55.9 Å². The molecule has 11 heteroatoms. The van der Waals surface area contributed by atoms with Crippen LogP contribution in [0.25, 0.3) is 22.8 Å². The molecule has 0 amide bonds. The number of hydrogen-bond donors (Lipinski definition) is 2. The lowest BCUT2D eigenvalue weighted by molar-refractivity contribution is 0.0342. The molecule has 1 unspecified atom stereocenters. The molecule has 1 aliphatic heterocycles. The fourth-order valence-electron chi connectivity index (χ4n) is 4.12. The highest BCUT2D eigenvalue weighted by Crippen LogP contribution is 2.34. The molecule has 2 aromatic heterocycles. The van der Waals surface area contributed by atoms with Gasteiger partial charge in [-0.15, -0.1) is 0 Å². The Kier molecular flexibility index (Phi) is 6.03. The molecule has 9 nitrogen and oxygen atoms in total. The van der Waals surface area contributed by atoms with Gasteiger partial charge in [0.1, 0.15) is 0 Å². The molecule has 0 spiro atoms. The highest BCUT2D eigenvalue weighted by Gasteiger charge is 2.29. The van der Waals surface area contributed by atoms with Crippen LogP contribution in [0.2, 0.25) is 0 Å². The maximum atomic E-state index is 14.5. The second-order valence-corrected chi connectivity index (χ2v) is 8.15. The van der Waals surface area contributed by atoms with Gasteiger partial charge in [0, 0.05) is 25.2 Å². The molecular weight excluding hydrogens is 444 g/mol. The number of rotatable bonds is 5. The van der Waals surface area contributed by atoms with Crippen molar-refractivity contribution in [3.8, 4) is 22.8 Å². The average Bonchev–Trinajstić information content (AvgIpc) is 3.23. The molecule has 3 heterocycles. The van der Waals surface area contributed by atoms with Crippen molar-refractivity contribution in [1.82, 2.24) is 29.6 Å². The lowest BCUT2D eigenvalue weighted by Crippen LogP contribution is -2.35. The number of aromatic amines is 1. The van der Waals surface area contributed by atoms with Gasteiger partial charge in [-0.05, 0) is 18.1 Å².